The lowest BCUT2D eigenvalue weighted by Crippen LogP contribution is -2.74. The summed E-state index contributed by atoms with van der Waals surface area (Å²) in [7, 11) is -3.27. The number of fused-ring (bicyclic) bond motifs is 1. The van der Waals surface area contributed by atoms with Crippen molar-refractivity contribution in [1.82, 2.24) is 25.0 Å². The van der Waals surface area contributed by atoms with Crippen LogP contribution in [0.1, 0.15) is 23.6 Å². The molecule has 15 heteroatoms. The first kappa shape index (κ1) is 33.7. The normalized spacial score (nSPS) is 21.6. The Bertz CT molecular complexity index is 1950. The number of hydrogen-bond donors (Lipinski definition) is 1. The molecule has 3 amide bonds. The van der Waals surface area contributed by atoms with Crippen molar-refractivity contribution in [3.63, 3.8) is 0 Å². The fourth-order valence-corrected chi connectivity index (χ4v) is 9.15. The number of sulfonamides is 1. The maximum absolute atomic E-state index is 15.1. The molecular weight excluding hydrogens is 662 g/mol. The third-order valence-electron chi connectivity index (χ3n) is 9.89. The number of anilines is 1. The van der Waals surface area contributed by atoms with E-state index < -0.39 is 27.5 Å². The van der Waals surface area contributed by atoms with Crippen LogP contribution in [0.15, 0.2) is 65.7 Å². The number of benzene rings is 2. The minimum absolute atomic E-state index is 0.0125. The van der Waals surface area contributed by atoms with Crippen LogP contribution in [-0.2, 0) is 25.1 Å². The van der Waals surface area contributed by atoms with Crippen LogP contribution in [0.25, 0.3) is 0 Å². The Morgan fingerprint density at radius 1 is 1.02 bits per heavy atom. The zero-order valence-corrected chi connectivity index (χ0v) is 28.8. The highest BCUT2D eigenvalue weighted by Crippen LogP contribution is 2.50. The van der Waals surface area contributed by atoms with Gasteiger partial charge in [-0.05, 0) is 49.4 Å². The lowest BCUT2D eigenvalue weighted by Gasteiger charge is -2.60. The number of methoxy groups -OCH3 is 1. The summed E-state index contributed by atoms with van der Waals surface area (Å²) in [5, 5.41) is 12.9. The highest BCUT2D eigenvalue weighted by Gasteiger charge is 2.61. The molecule has 14 nitrogen and oxygen atoms in total. The zero-order valence-electron chi connectivity index (χ0n) is 28.0. The number of hydrogen-bond acceptors (Lipinski definition) is 11. The van der Waals surface area contributed by atoms with Gasteiger partial charge in [-0.15, -0.1) is 0 Å². The smallest absolute Gasteiger partial charge is 0.318 e. The van der Waals surface area contributed by atoms with Gasteiger partial charge in [0.25, 0.3) is 15.9 Å². The molecule has 50 heavy (non-hydrogen) atoms. The second kappa shape index (κ2) is 13.2. The van der Waals surface area contributed by atoms with Gasteiger partial charge in [-0.25, -0.2) is 18.2 Å². The molecule has 3 fully saturated rings. The third-order valence-corrected chi connectivity index (χ3v) is 11.6. The van der Waals surface area contributed by atoms with E-state index in [1.54, 1.807) is 30.0 Å². The summed E-state index contributed by atoms with van der Waals surface area (Å²) in [6, 6.07) is 15.0. The van der Waals surface area contributed by atoms with Crippen molar-refractivity contribution in [2.75, 3.05) is 83.6 Å². The number of pyridine rings is 1. The van der Waals surface area contributed by atoms with Crippen molar-refractivity contribution in [1.29, 1.82) is 5.26 Å². The Morgan fingerprint density at radius 2 is 1.76 bits per heavy atom. The summed E-state index contributed by atoms with van der Waals surface area (Å²) in [5.41, 5.74) is -1.74. The maximum Gasteiger partial charge on any atom is 0.318 e. The maximum atomic E-state index is 15.1. The highest BCUT2D eigenvalue weighted by atomic mass is 32.2. The largest absolute Gasteiger partial charge is 0.495 e. The van der Waals surface area contributed by atoms with Crippen LogP contribution in [0.5, 0.6) is 11.6 Å². The molecule has 1 atom stereocenters. The lowest BCUT2D eigenvalue weighted by molar-refractivity contribution is -0.122. The van der Waals surface area contributed by atoms with Gasteiger partial charge in [0.1, 0.15) is 10.6 Å². The van der Waals surface area contributed by atoms with Crippen LogP contribution in [0, 0.1) is 16.7 Å². The average Bonchev–Trinajstić information content (AvgIpc) is 3.35. The molecule has 1 spiro atoms. The van der Waals surface area contributed by atoms with Gasteiger partial charge in [0.15, 0.2) is 5.54 Å². The van der Waals surface area contributed by atoms with E-state index in [1.807, 2.05) is 0 Å². The molecule has 0 unspecified atom stereocenters. The number of carbonyl (C=O) groups excluding carboxylic acids is 2. The molecule has 0 saturated carbocycles. The minimum Gasteiger partial charge on any atom is -0.495 e. The molecule has 0 aliphatic carbocycles. The van der Waals surface area contributed by atoms with E-state index in [4.69, 9.17) is 14.2 Å². The molecular formula is C35H39N7O7S. The van der Waals surface area contributed by atoms with Gasteiger partial charge in [-0.3, -0.25) is 9.69 Å². The van der Waals surface area contributed by atoms with Crippen molar-refractivity contribution in [3.8, 4) is 17.7 Å². The molecule has 7 rings (SSSR count). The summed E-state index contributed by atoms with van der Waals surface area (Å²) in [6.07, 6.45) is 1.49. The first-order chi connectivity index (χ1) is 24.2. The molecule has 5 heterocycles. The van der Waals surface area contributed by atoms with Crippen molar-refractivity contribution >= 4 is 27.6 Å². The average molecular weight is 702 g/mol. The number of carbonyl (C=O) groups is 2. The number of ether oxygens (including phenoxy) is 3. The Morgan fingerprint density at radius 3 is 2.48 bits per heavy atom. The summed E-state index contributed by atoms with van der Waals surface area (Å²) in [6.45, 7) is 9.94. The summed E-state index contributed by atoms with van der Waals surface area (Å²) in [5.74, 6) is -0.883. The predicted molar refractivity (Wildman–Crippen MR) is 181 cm³/mol. The van der Waals surface area contributed by atoms with E-state index in [0.717, 1.165) is 52.5 Å². The highest BCUT2D eigenvalue weighted by molar-refractivity contribution is 7.93. The number of morpholine rings is 1. The monoisotopic (exact) mass is 701 g/mol. The van der Waals surface area contributed by atoms with E-state index in [-0.39, 0.29) is 50.9 Å². The topological polar surface area (TPSA) is 158 Å². The second-order valence-corrected chi connectivity index (χ2v) is 14.8. The van der Waals surface area contributed by atoms with Gasteiger partial charge in [-0.2, -0.15) is 9.57 Å². The molecule has 1 N–H and O–H groups in total. The Labute approximate surface area is 291 Å². The molecule has 0 radical (unpaired) electrons. The Hall–Kier alpha value is -4.75. The van der Waals surface area contributed by atoms with Crippen molar-refractivity contribution < 1.29 is 32.2 Å². The van der Waals surface area contributed by atoms with Gasteiger partial charge >= 0.3 is 6.03 Å². The number of aromatic nitrogens is 1. The number of likely N-dealkylation sites (tertiary alicyclic amines) is 2. The minimum atomic E-state index is -4.61. The van der Waals surface area contributed by atoms with Crippen LogP contribution in [0.4, 0.5) is 10.5 Å². The van der Waals surface area contributed by atoms with E-state index in [1.165, 1.54) is 49.7 Å². The number of amides is 3. The van der Waals surface area contributed by atoms with E-state index in [9.17, 15) is 18.5 Å². The number of nitrogens with zero attached hydrogens (tertiary/aromatic N) is 6. The van der Waals surface area contributed by atoms with Gasteiger partial charge in [0, 0.05) is 69.5 Å². The van der Waals surface area contributed by atoms with E-state index >= 15 is 4.79 Å². The molecule has 3 aromatic rings. The van der Waals surface area contributed by atoms with Gasteiger partial charge in [0.2, 0.25) is 5.88 Å². The predicted octanol–water partition coefficient (Wildman–Crippen LogP) is 2.00. The van der Waals surface area contributed by atoms with Crippen LogP contribution in [0.2, 0.25) is 0 Å². The number of nitriles is 1. The van der Waals surface area contributed by atoms with Crippen molar-refractivity contribution in [2.45, 2.75) is 17.4 Å². The SMILES string of the molecule is CCOc1ncccc1[C@@]1(NC(=O)N2CC3(CN(CCN4CCOCC4)C3)C2)C(=O)N(S(=O)(=O)c2ccccc2OC)c2ccc(C#N)cc21. The standard InChI is InChI=1S/C35H39N7O7S/c1-3-49-31-26(7-6-12-37-31)35(38-33(44)41-23-34(24-41)21-40(22-34)14-13-39-15-17-48-18-16-39)27-19-25(20-36)10-11-28(27)42(32(35)43)50(45,46)30-9-5-4-8-29(30)47-2/h4-12,19H,3,13-18,21-24H2,1-2H3,(H,38,44)/t35-/m0/s1. The number of urea groups is 1. The summed E-state index contributed by atoms with van der Waals surface area (Å²) >= 11 is 0. The van der Waals surface area contributed by atoms with Crippen molar-refractivity contribution in [3.05, 3.63) is 77.5 Å². The zero-order chi connectivity index (χ0) is 35.1. The van der Waals surface area contributed by atoms with Crippen LogP contribution in [0.3, 0.4) is 0 Å². The number of nitrogens with one attached hydrogen (secondary N) is 1. The van der Waals surface area contributed by atoms with Gasteiger partial charge < -0.3 is 29.3 Å². The van der Waals surface area contributed by atoms with Gasteiger partial charge in [0.05, 0.1) is 49.8 Å². The first-order valence-corrected chi connectivity index (χ1v) is 18.0. The van der Waals surface area contributed by atoms with E-state index in [0.29, 0.717) is 17.4 Å². The summed E-state index contributed by atoms with van der Waals surface area (Å²) < 4.78 is 46.3. The molecule has 262 valence electrons. The van der Waals surface area contributed by atoms with E-state index in [2.05, 4.69) is 26.2 Å². The first-order valence-electron chi connectivity index (χ1n) is 16.6. The molecule has 1 aromatic heterocycles. The Kier molecular flexibility index (Phi) is 8.89. The lowest BCUT2D eigenvalue weighted by atomic mass is 9.73. The molecule has 0 bridgehead atoms. The molecule has 3 saturated heterocycles. The van der Waals surface area contributed by atoms with Crippen molar-refractivity contribution in [2.24, 2.45) is 5.41 Å². The molecule has 4 aliphatic rings. The molecule has 4 aliphatic heterocycles. The summed E-state index contributed by atoms with van der Waals surface area (Å²) in [4.78, 5) is 39.8. The fourth-order valence-electron chi connectivity index (χ4n) is 7.52. The van der Waals surface area contributed by atoms with Gasteiger partial charge in [-0.1, -0.05) is 12.1 Å². The number of para-hydroxylation sites is 1. The fraction of sp³-hybridized carbons (Fsp3) is 0.429. The third kappa shape index (κ3) is 5.62. The Balaban J connectivity index is 1.22. The van der Waals surface area contributed by atoms with Crippen LogP contribution < -0.4 is 19.1 Å². The second-order valence-electron chi connectivity index (χ2n) is 13.1. The molecule has 2 aromatic carbocycles. The van der Waals surface area contributed by atoms with Crippen LogP contribution in [-0.4, -0.2) is 119 Å². The quantitative estimate of drug-likeness (QED) is 0.330. The number of rotatable bonds is 10. The van der Waals surface area contributed by atoms with Crippen LogP contribution >= 0.6 is 0 Å².